The lowest BCUT2D eigenvalue weighted by atomic mass is 9.54. The van der Waals surface area contributed by atoms with Gasteiger partial charge in [-0.05, 0) is 159 Å². The van der Waals surface area contributed by atoms with Gasteiger partial charge in [0.05, 0.1) is 17.3 Å². The second-order valence-corrected chi connectivity index (χ2v) is 19.2. The zero-order chi connectivity index (χ0) is 31.3. The summed E-state index contributed by atoms with van der Waals surface area (Å²) in [4.78, 5) is 0.100. The van der Waals surface area contributed by atoms with Crippen LogP contribution in [-0.2, 0) is 20.9 Å². The lowest BCUT2D eigenvalue weighted by molar-refractivity contribution is -0.0734. The zero-order valence-electron chi connectivity index (χ0n) is 27.2. The summed E-state index contributed by atoms with van der Waals surface area (Å²) >= 11 is 0. The average molecular weight is 629 g/mol. The Balaban J connectivity index is 1.43. The second-order valence-electron chi connectivity index (χ2n) is 17.8. The molecule has 7 rings (SSSR count). The first-order valence-electron chi connectivity index (χ1n) is 17.9. The first-order valence-corrected chi connectivity index (χ1v) is 19.3. The minimum atomic E-state index is -4.59. The van der Waals surface area contributed by atoms with Crippen molar-refractivity contribution in [2.75, 3.05) is 0 Å². The van der Waals surface area contributed by atoms with Crippen molar-refractivity contribution in [2.45, 2.75) is 169 Å². The van der Waals surface area contributed by atoms with Crippen LogP contribution in [-0.4, -0.2) is 45.6 Å². The molecule has 6 nitrogen and oxygen atoms in total. The maximum absolute atomic E-state index is 13.7. The van der Waals surface area contributed by atoms with Crippen molar-refractivity contribution in [3.63, 3.8) is 0 Å². The second kappa shape index (κ2) is 10.8. The summed E-state index contributed by atoms with van der Waals surface area (Å²) < 4.78 is 38.5. The quantitative estimate of drug-likeness (QED) is 0.263. The molecule has 1 aromatic rings. The Morgan fingerprint density at radius 2 is 1.48 bits per heavy atom. The van der Waals surface area contributed by atoms with Gasteiger partial charge in [0, 0.05) is 0 Å². The standard InChI is InChI=1S/C37H56O6S/c1-23-9-27-12-30(38)21-35(15-23,18-27)32-14-29(34(3)17-25-5-4-7-37(40,19-25)22-34)13-31(33(32)44(41,42)43)28-6-8-36(39)16-24(2)10-26(11-28)20-36/h13-14,23-28,30,38-40H,4-12,15-22H2,1-3H3,(H,41,42,43). The maximum Gasteiger partial charge on any atom is 0.295 e. The molecule has 6 saturated carbocycles. The van der Waals surface area contributed by atoms with Gasteiger partial charge in [0.25, 0.3) is 10.1 Å². The highest BCUT2D eigenvalue weighted by molar-refractivity contribution is 7.86. The third-order valence-corrected chi connectivity index (χ3v) is 14.5. The summed E-state index contributed by atoms with van der Waals surface area (Å²) in [5, 5.41) is 34.5. The van der Waals surface area contributed by atoms with Gasteiger partial charge < -0.3 is 15.3 Å². The summed E-state index contributed by atoms with van der Waals surface area (Å²) in [7, 11) is -4.59. The topological polar surface area (TPSA) is 115 Å². The van der Waals surface area contributed by atoms with Crippen LogP contribution >= 0.6 is 0 Å². The molecule has 0 spiro atoms. The van der Waals surface area contributed by atoms with E-state index in [2.05, 4.69) is 32.9 Å². The summed E-state index contributed by atoms with van der Waals surface area (Å²) in [6.07, 6.45) is 13.7. The van der Waals surface area contributed by atoms with Crippen LogP contribution in [0.1, 0.15) is 153 Å². The molecular weight excluding hydrogens is 572 g/mol. The van der Waals surface area contributed by atoms with Gasteiger partial charge in [-0.25, -0.2) is 0 Å². The van der Waals surface area contributed by atoms with E-state index < -0.39 is 32.8 Å². The zero-order valence-corrected chi connectivity index (χ0v) is 28.0. The normalized spacial score (nSPS) is 47.6. The maximum atomic E-state index is 13.7. The number of fused-ring (bicyclic) bond motifs is 6. The lowest BCUT2D eigenvalue weighted by Crippen LogP contribution is -2.49. The molecular formula is C37H56O6S. The number of rotatable bonds is 4. The fraction of sp³-hybridized carbons (Fsp3) is 0.838. The Morgan fingerprint density at radius 3 is 2.20 bits per heavy atom. The monoisotopic (exact) mass is 628 g/mol. The number of hydrogen-bond acceptors (Lipinski definition) is 5. The van der Waals surface area contributed by atoms with Gasteiger partial charge >= 0.3 is 0 Å². The van der Waals surface area contributed by atoms with Crippen LogP contribution in [0.3, 0.4) is 0 Å². The molecule has 6 aliphatic carbocycles. The molecule has 11 atom stereocenters. The fourth-order valence-corrected chi connectivity index (χ4v) is 13.8. The molecule has 1 aromatic carbocycles. The Bertz CT molecular complexity index is 1370. The van der Waals surface area contributed by atoms with Crippen LogP contribution in [0.4, 0.5) is 0 Å². The number of benzene rings is 1. The summed E-state index contributed by atoms with van der Waals surface area (Å²) in [5.74, 6) is 1.86. The van der Waals surface area contributed by atoms with Gasteiger partial charge in [-0.3, -0.25) is 4.55 Å². The molecule has 0 radical (unpaired) electrons. The van der Waals surface area contributed by atoms with Gasteiger partial charge in [0.15, 0.2) is 0 Å². The summed E-state index contributed by atoms with van der Waals surface area (Å²) in [6, 6.07) is 4.24. The van der Waals surface area contributed by atoms with Crippen LogP contribution < -0.4 is 0 Å². The average Bonchev–Trinajstić information content (AvgIpc) is 2.99. The van der Waals surface area contributed by atoms with Crippen molar-refractivity contribution in [3.8, 4) is 0 Å². The molecule has 11 unspecified atom stereocenters. The molecule has 6 bridgehead atoms. The van der Waals surface area contributed by atoms with E-state index in [0.29, 0.717) is 55.3 Å². The Kier molecular flexibility index (Phi) is 7.73. The number of hydrogen-bond donors (Lipinski definition) is 4. The van der Waals surface area contributed by atoms with E-state index in [9.17, 15) is 28.3 Å². The Morgan fingerprint density at radius 1 is 0.773 bits per heavy atom. The Hall–Kier alpha value is -0.990. The molecule has 6 aliphatic rings. The van der Waals surface area contributed by atoms with Crippen molar-refractivity contribution >= 4 is 10.1 Å². The van der Waals surface area contributed by atoms with Crippen molar-refractivity contribution in [3.05, 3.63) is 28.8 Å². The third-order valence-electron chi connectivity index (χ3n) is 13.6. The van der Waals surface area contributed by atoms with Gasteiger partial charge in [0.2, 0.25) is 0 Å². The molecule has 0 aromatic heterocycles. The number of aliphatic hydroxyl groups excluding tert-OH is 1. The first kappa shape index (κ1) is 31.6. The molecule has 7 heteroatoms. The highest BCUT2D eigenvalue weighted by Gasteiger charge is 2.52. The van der Waals surface area contributed by atoms with Crippen molar-refractivity contribution in [1.29, 1.82) is 0 Å². The molecule has 0 saturated heterocycles. The highest BCUT2D eigenvalue weighted by Crippen LogP contribution is 2.58. The van der Waals surface area contributed by atoms with E-state index in [1.165, 1.54) is 0 Å². The van der Waals surface area contributed by atoms with Crippen LogP contribution in [0.25, 0.3) is 0 Å². The van der Waals surface area contributed by atoms with Crippen molar-refractivity contribution in [1.82, 2.24) is 0 Å². The smallest absolute Gasteiger partial charge is 0.295 e. The van der Waals surface area contributed by atoms with E-state index >= 15 is 0 Å². The first-order chi connectivity index (χ1) is 20.6. The Labute approximate surface area is 265 Å². The van der Waals surface area contributed by atoms with Gasteiger partial charge in [-0.2, -0.15) is 8.42 Å². The fourth-order valence-electron chi connectivity index (χ4n) is 12.7. The third kappa shape index (κ3) is 5.73. The predicted octanol–water partition coefficient (Wildman–Crippen LogP) is 7.17. The van der Waals surface area contributed by atoms with Gasteiger partial charge in [-0.15, -0.1) is 0 Å². The molecule has 44 heavy (non-hydrogen) atoms. The van der Waals surface area contributed by atoms with Crippen LogP contribution in [0.2, 0.25) is 0 Å². The van der Waals surface area contributed by atoms with E-state index in [-0.39, 0.29) is 16.2 Å². The minimum Gasteiger partial charge on any atom is -0.393 e. The molecule has 246 valence electrons. The predicted molar refractivity (Wildman–Crippen MR) is 171 cm³/mol. The largest absolute Gasteiger partial charge is 0.393 e. The van der Waals surface area contributed by atoms with Crippen molar-refractivity contribution in [2.24, 2.45) is 29.6 Å². The molecule has 6 fully saturated rings. The van der Waals surface area contributed by atoms with Crippen molar-refractivity contribution < 1.29 is 28.3 Å². The van der Waals surface area contributed by atoms with E-state index in [4.69, 9.17) is 0 Å². The van der Waals surface area contributed by atoms with E-state index in [0.717, 1.165) is 100 Å². The SMILES string of the molecule is CC1CC2CC(c3cc(C4(C)CC5CCCC(O)(C5)C4)cc(C45CC(C)CC(CC(O)C4)C5)c3S(=O)(=O)O)CCC(O)(C1)C2. The molecule has 0 amide bonds. The highest BCUT2D eigenvalue weighted by atomic mass is 32.2. The summed E-state index contributed by atoms with van der Waals surface area (Å²) in [6.45, 7) is 6.75. The van der Waals surface area contributed by atoms with Gasteiger partial charge in [0.1, 0.15) is 4.90 Å². The molecule has 0 heterocycles. The van der Waals surface area contributed by atoms with Crippen LogP contribution in [0.15, 0.2) is 17.0 Å². The minimum absolute atomic E-state index is 0.0774. The van der Waals surface area contributed by atoms with E-state index in [1.807, 2.05) is 0 Å². The van der Waals surface area contributed by atoms with E-state index in [1.54, 1.807) is 0 Å². The number of aliphatic hydroxyl groups is 3. The lowest BCUT2D eigenvalue weighted by Gasteiger charge is -2.52. The summed E-state index contributed by atoms with van der Waals surface area (Å²) in [5.41, 5.74) is 0.341. The van der Waals surface area contributed by atoms with Gasteiger partial charge in [-0.1, -0.05) is 45.7 Å². The molecule has 0 aliphatic heterocycles. The molecule has 4 N–H and O–H groups in total. The van der Waals surface area contributed by atoms with Crippen LogP contribution in [0.5, 0.6) is 0 Å². The van der Waals surface area contributed by atoms with Crippen LogP contribution in [0, 0.1) is 29.6 Å².